The van der Waals surface area contributed by atoms with Crippen molar-refractivity contribution in [2.24, 2.45) is 0 Å². The lowest BCUT2D eigenvalue weighted by Gasteiger charge is -2.24. The number of rotatable bonds is 3. The zero-order chi connectivity index (χ0) is 14.7. The Balaban J connectivity index is 2.44. The number of aliphatic hydroxyl groups excluding tert-OH is 1. The molecular weight excluding hydrogens is 254 g/mol. The Morgan fingerprint density at radius 2 is 2.30 bits per heavy atom. The third kappa shape index (κ3) is 2.63. The Morgan fingerprint density at radius 3 is 2.90 bits per heavy atom. The Bertz CT molecular complexity index is 545. The molecule has 1 amide bonds. The Hall–Kier alpha value is -1.99. The van der Waals surface area contributed by atoms with Crippen LogP contribution in [0.1, 0.15) is 35.7 Å². The van der Waals surface area contributed by atoms with E-state index in [1.54, 1.807) is 0 Å². The molecule has 1 aliphatic rings. The third-order valence-electron chi connectivity index (χ3n) is 3.47. The van der Waals surface area contributed by atoms with Gasteiger partial charge in [-0.15, -0.1) is 6.42 Å². The molecule has 0 spiro atoms. The lowest BCUT2D eigenvalue weighted by Crippen LogP contribution is -2.42. The van der Waals surface area contributed by atoms with Gasteiger partial charge in [0.05, 0.1) is 12.2 Å². The van der Waals surface area contributed by atoms with Crippen molar-refractivity contribution in [3.8, 4) is 18.1 Å². The zero-order valence-electron chi connectivity index (χ0n) is 11.8. The summed E-state index contributed by atoms with van der Waals surface area (Å²) < 4.78 is 5.65. The number of amides is 1. The molecule has 0 saturated heterocycles. The van der Waals surface area contributed by atoms with E-state index < -0.39 is 6.04 Å². The Morgan fingerprint density at radius 1 is 1.55 bits per heavy atom. The van der Waals surface area contributed by atoms with E-state index in [1.807, 2.05) is 18.2 Å². The van der Waals surface area contributed by atoms with Crippen molar-refractivity contribution in [2.45, 2.75) is 25.8 Å². The van der Waals surface area contributed by atoms with E-state index in [0.717, 1.165) is 5.56 Å². The molecular formula is C16H19NO3. The van der Waals surface area contributed by atoms with Crippen LogP contribution in [0.15, 0.2) is 18.2 Å². The van der Waals surface area contributed by atoms with E-state index in [0.29, 0.717) is 17.2 Å². The number of carbonyl (C=O) groups excluding carboxylic acids is 1. The van der Waals surface area contributed by atoms with E-state index in [-0.39, 0.29) is 25.7 Å². The second kappa shape index (κ2) is 5.98. The molecule has 1 N–H and O–H groups in total. The van der Waals surface area contributed by atoms with Gasteiger partial charge in [-0.3, -0.25) is 4.79 Å². The number of β-amino-alcohol motifs (C(OH)–C–C–N with tert-alkyl or cyclic N) is 1. The molecule has 0 aromatic heterocycles. The van der Waals surface area contributed by atoms with E-state index in [1.165, 1.54) is 4.90 Å². The maximum Gasteiger partial charge on any atom is 0.258 e. The first kappa shape index (κ1) is 14.4. The number of hydrogen-bond acceptors (Lipinski definition) is 3. The van der Waals surface area contributed by atoms with Crippen LogP contribution in [0, 0.1) is 12.3 Å². The van der Waals surface area contributed by atoms with E-state index in [2.05, 4.69) is 19.8 Å². The molecule has 106 valence electrons. The summed E-state index contributed by atoms with van der Waals surface area (Å²) in [6.45, 7) is 4.47. The van der Waals surface area contributed by atoms with Crippen molar-refractivity contribution < 1.29 is 14.6 Å². The highest BCUT2D eigenvalue weighted by molar-refractivity contribution is 5.98. The normalized spacial score (nSPS) is 18.2. The van der Waals surface area contributed by atoms with Crippen molar-refractivity contribution in [3.05, 3.63) is 29.3 Å². The van der Waals surface area contributed by atoms with Crippen LogP contribution < -0.4 is 4.74 Å². The van der Waals surface area contributed by atoms with E-state index in [4.69, 9.17) is 16.3 Å². The molecule has 0 fully saturated rings. The minimum atomic E-state index is -0.454. The highest BCUT2D eigenvalue weighted by Crippen LogP contribution is 2.28. The number of ether oxygens (including phenoxy) is 1. The van der Waals surface area contributed by atoms with Crippen LogP contribution in [0.3, 0.4) is 0 Å². The first-order valence-electron chi connectivity index (χ1n) is 6.73. The van der Waals surface area contributed by atoms with Gasteiger partial charge < -0.3 is 14.7 Å². The van der Waals surface area contributed by atoms with Crippen LogP contribution in [0.4, 0.5) is 0 Å². The lowest BCUT2D eigenvalue weighted by molar-refractivity contribution is 0.0668. The molecule has 0 unspecified atom stereocenters. The summed E-state index contributed by atoms with van der Waals surface area (Å²) in [4.78, 5) is 14.1. The molecule has 20 heavy (non-hydrogen) atoms. The fraction of sp³-hybridized carbons (Fsp3) is 0.438. The van der Waals surface area contributed by atoms with Gasteiger partial charge in [-0.2, -0.15) is 0 Å². The van der Waals surface area contributed by atoms with Gasteiger partial charge in [0.2, 0.25) is 0 Å². The highest BCUT2D eigenvalue weighted by atomic mass is 16.5. The number of carbonyl (C=O) groups is 1. The van der Waals surface area contributed by atoms with Crippen molar-refractivity contribution in [2.75, 3.05) is 19.8 Å². The second-order valence-electron chi connectivity index (χ2n) is 5.13. The van der Waals surface area contributed by atoms with Crippen LogP contribution in [0.2, 0.25) is 0 Å². The highest BCUT2D eigenvalue weighted by Gasteiger charge is 2.29. The fourth-order valence-electron chi connectivity index (χ4n) is 2.26. The quantitative estimate of drug-likeness (QED) is 0.852. The molecule has 1 aliphatic heterocycles. The van der Waals surface area contributed by atoms with Crippen LogP contribution in [-0.2, 0) is 0 Å². The third-order valence-corrected chi connectivity index (χ3v) is 3.47. The van der Waals surface area contributed by atoms with Crippen LogP contribution in [-0.4, -0.2) is 41.7 Å². The van der Waals surface area contributed by atoms with Gasteiger partial charge in [0.1, 0.15) is 18.4 Å². The smallest absolute Gasteiger partial charge is 0.258 e. The molecule has 1 heterocycles. The minimum Gasteiger partial charge on any atom is -0.490 e. The maximum atomic E-state index is 12.6. The number of aliphatic hydroxyl groups is 1. The van der Waals surface area contributed by atoms with Crippen molar-refractivity contribution >= 4 is 5.91 Å². The summed E-state index contributed by atoms with van der Waals surface area (Å²) in [5, 5.41) is 9.13. The predicted octanol–water partition coefficient (Wildman–Crippen LogP) is 1.64. The van der Waals surface area contributed by atoms with E-state index >= 15 is 0 Å². The van der Waals surface area contributed by atoms with Crippen molar-refractivity contribution in [1.82, 2.24) is 4.90 Å². The molecule has 4 nitrogen and oxygen atoms in total. The maximum absolute atomic E-state index is 12.6. The summed E-state index contributed by atoms with van der Waals surface area (Å²) in [5.74, 6) is 3.25. The van der Waals surface area contributed by atoms with Gasteiger partial charge in [0.15, 0.2) is 0 Å². The second-order valence-corrected chi connectivity index (χ2v) is 5.13. The molecule has 0 saturated carbocycles. The van der Waals surface area contributed by atoms with Gasteiger partial charge >= 0.3 is 0 Å². The van der Waals surface area contributed by atoms with Crippen LogP contribution in [0.25, 0.3) is 0 Å². The minimum absolute atomic E-state index is 0.122. The topological polar surface area (TPSA) is 49.8 Å². The molecule has 2 rings (SSSR count). The van der Waals surface area contributed by atoms with Crippen molar-refractivity contribution in [1.29, 1.82) is 0 Å². The summed E-state index contributed by atoms with van der Waals surface area (Å²) in [7, 11) is 0. The molecule has 4 heteroatoms. The monoisotopic (exact) mass is 273 g/mol. The average molecular weight is 273 g/mol. The number of benzene rings is 1. The van der Waals surface area contributed by atoms with Gasteiger partial charge in [-0.25, -0.2) is 0 Å². The van der Waals surface area contributed by atoms with Crippen LogP contribution >= 0.6 is 0 Å². The Labute approximate surface area is 119 Å². The Kier molecular flexibility index (Phi) is 4.31. The molecule has 0 aliphatic carbocycles. The fourth-order valence-corrected chi connectivity index (χ4v) is 2.26. The SMILES string of the molecule is C#C[C@H]1COc2ccc(C(C)C)cc2C(=O)N1CCO. The number of terminal acetylenes is 1. The first-order valence-corrected chi connectivity index (χ1v) is 6.73. The molecule has 1 atom stereocenters. The standard InChI is InChI=1S/C16H19NO3/c1-4-13-10-20-15-6-5-12(11(2)3)9-14(15)16(19)17(13)7-8-18/h1,5-6,9,11,13,18H,7-8,10H2,2-3H3/t13-/m0/s1. The van der Waals surface area contributed by atoms with Gasteiger partial charge in [-0.1, -0.05) is 25.8 Å². The first-order chi connectivity index (χ1) is 9.58. The van der Waals surface area contributed by atoms with Gasteiger partial charge in [0, 0.05) is 6.54 Å². The van der Waals surface area contributed by atoms with Gasteiger partial charge in [-0.05, 0) is 23.6 Å². The predicted molar refractivity (Wildman–Crippen MR) is 76.8 cm³/mol. The molecule has 0 bridgehead atoms. The number of fused-ring (bicyclic) bond motifs is 1. The lowest BCUT2D eigenvalue weighted by atomic mass is 9.99. The van der Waals surface area contributed by atoms with E-state index in [9.17, 15) is 4.79 Å². The summed E-state index contributed by atoms with van der Waals surface area (Å²) in [5.41, 5.74) is 1.59. The zero-order valence-corrected chi connectivity index (χ0v) is 11.8. The van der Waals surface area contributed by atoms with Gasteiger partial charge in [0.25, 0.3) is 5.91 Å². The van der Waals surface area contributed by atoms with Crippen LogP contribution in [0.5, 0.6) is 5.75 Å². The van der Waals surface area contributed by atoms with Crippen molar-refractivity contribution in [3.63, 3.8) is 0 Å². The summed E-state index contributed by atoms with van der Waals surface area (Å²) >= 11 is 0. The molecule has 0 radical (unpaired) electrons. The number of nitrogens with zero attached hydrogens (tertiary/aromatic N) is 1. The average Bonchev–Trinajstić information content (AvgIpc) is 2.57. The largest absolute Gasteiger partial charge is 0.490 e. The molecule has 1 aromatic carbocycles. The number of hydrogen-bond donors (Lipinski definition) is 1. The molecule has 1 aromatic rings. The summed E-state index contributed by atoms with van der Waals surface area (Å²) in [6, 6.07) is 5.18. The summed E-state index contributed by atoms with van der Waals surface area (Å²) in [6.07, 6.45) is 5.46.